The number of aromatic nitrogens is 1. The van der Waals surface area contributed by atoms with E-state index in [1.54, 1.807) is 0 Å². The number of nitrogens with one attached hydrogen (secondary N) is 1. The third-order valence-electron chi connectivity index (χ3n) is 6.56. The molecule has 1 aromatic carbocycles. The van der Waals surface area contributed by atoms with E-state index < -0.39 is 0 Å². The van der Waals surface area contributed by atoms with Crippen molar-refractivity contribution in [1.82, 2.24) is 15.4 Å². The summed E-state index contributed by atoms with van der Waals surface area (Å²) in [6.07, 6.45) is 4.89. The number of rotatable bonds is 6. The molecule has 1 amide bonds. The smallest absolute Gasteiger partial charge is 0.273 e. The van der Waals surface area contributed by atoms with Gasteiger partial charge in [-0.1, -0.05) is 24.2 Å². The van der Waals surface area contributed by atoms with Crippen LogP contribution in [0.5, 0.6) is 0 Å². The van der Waals surface area contributed by atoms with E-state index in [9.17, 15) is 4.79 Å². The largest absolute Gasteiger partial charge is 0.372 e. The maximum absolute atomic E-state index is 12.6. The average Bonchev–Trinajstić information content (AvgIpc) is 3.11. The third kappa shape index (κ3) is 4.17. The van der Waals surface area contributed by atoms with Crippen molar-refractivity contribution >= 4 is 11.6 Å². The van der Waals surface area contributed by atoms with E-state index in [0.29, 0.717) is 17.5 Å². The minimum absolute atomic E-state index is 0.116. The highest BCUT2D eigenvalue weighted by Gasteiger charge is 2.33. The second kappa shape index (κ2) is 7.82. The summed E-state index contributed by atoms with van der Waals surface area (Å²) in [5.41, 5.74) is 3.08. The van der Waals surface area contributed by atoms with E-state index >= 15 is 0 Å². The number of carbonyl (C=O) groups is 1. The highest BCUT2D eigenvalue weighted by atomic mass is 16.5. The van der Waals surface area contributed by atoms with Gasteiger partial charge in [0.05, 0.1) is 0 Å². The molecule has 3 fully saturated rings. The van der Waals surface area contributed by atoms with Crippen LogP contribution < -0.4 is 10.2 Å². The van der Waals surface area contributed by atoms with Gasteiger partial charge in [0.25, 0.3) is 5.91 Å². The van der Waals surface area contributed by atoms with Crippen molar-refractivity contribution < 1.29 is 9.32 Å². The summed E-state index contributed by atoms with van der Waals surface area (Å²) in [5, 5.41) is 7.14. The molecule has 1 aromatic heterocycles. The molecular weight excluding hydrogens is 364 g/mol. The van der Waals surface area contributed by atoms with Crippen LogP contribution in [0.2, 0.25) is 0 Å². The fraction of sp³-hybridized carbons (Fsp3) is 0.565. The molecule has 6 heteroatoms. The molecule has 1 aliphatic carbocycles. The lowest BCUT2D eigenvalue weighted by Crippen LogP contribution is -2.39. The van der Waals surface area contributed by atoms with E-state index in [-0.39, 0.29) is 11.9 Å². The Morgan fingerprint density at radius 2 is 1.93 bits per heavy atom. The second-order valence-corrected chi connectivity index (χ2v) is 9.00. The first-order chi connectivity index (χ1) is 14.2. The lowest BCUT2D eigenvalue weighted by Gasteiger charge is -2.19. The number of hydrogen-bond acceptors (Lipinski definition) is 5. The van der Waals surface area contributed by atoms with Gasteiger partial charge in [-0.3, -0.25) is 9.69 Å². The van der Waals surface area contributed by atoms with E-state index in [0.717, 1.165) is 38.2 Å². The van der Waals surface area contributed by atoms with Gasteiger partial charge in [0, 0.05) is 56.4 Å². The molecular formula is C23H30N4O2. The number of amides is 1. The molecule has 2 atom stereocenters. The average molecular weight is 395 g/mol. The number of nitrogens with zero attached hydrogens (tertiary/aromatic N) is 3. The Balaban J connectivity index is 1.15. The van der Waals surface area contributed by atoms with Crippen molar-refractivity contribution in [3.63, 3.8) is 0 Å². The zero-order valence-electron chi connectivity index (χ0n) is 17.1. The van der Waals surface area contributed by atoms with Gasteiger partial charge in [-0.05, 0) is 49.3 Å². The molecule has 3 heterocycles. The van der Waals surface area contributed by atoms with Crippen molar-refractivity contribution in [2.24, 2.45) is 5.92 Å². The molecule has 0 spiro atoms. The molecule has 1 N–H and O–H groups in total. The first-order valence-corrected chi connectivity index (χ1v) is 11.0. The molecule has 0 unspecified atom stereocenters. The zero-order chi connectivity index (χ0) is 19.8. The molecule has 29 heavy (non-hydrogen) atoms. The maximum atomic E-state index is 12.6. The van der Waals surface area contributed by atoms with Crippen molar-refractivity contribution in [1.29, 1.82) is 0 Å². The summed E-state index contributed by atoms with van der Waals surface area (Å²) in [6, 6.07) is 11.0. The summed E-state index contributed by atoms with van der Waals surface area (Å²) in [5.74, 6) is 1.63. The van der Waals surface area contributed by atoms with E-state index in [4.69, 9.17) is 4.52 Å². The van der Waals surface area contributed by atoms with Crippen molar-refractivity contribution in [2.75, 3.05) is 31.1 Å². The third-order valence-corrected chi connectivity index (χ3v) is 6.56. The predicted molar refractivity (Wildman–Crippen MR) is 112 cm³/mol. The van der Waals surface area contributed by atoms with Crippen LogP contribution in [0.3, 0.4) is 0 Å². The van der Waals surface area contributed by atoms with E-state index in [1.807, 2.05) is 6.07 Å². The highest BCUT2D eigenvalue weighted by molar-refractivity contribution is 5.92. The Morgan fingerprint density at radius 3 is 2.66 bits per heavy atom. The maximum Gasteiger partial charge on any atom is 0.273 e. The van der Waals surface area contributed by atoms with Gasteiger partial charge in [-0.25, -0.2) is 0 Å². The van der Waals surface area contributed by atoms with Crippen LogP contribution in [0.1, 0.15) is 60.3 Å². The number of benzene rings is 1. The van der Waals surface area contributed by atoms with Crippen molar-refractivity contribution in [3.8, 4) is 0 Å². The summed E-state index contributed by atoms with van der Waals surface area (Å²) in [4.78, 5) is 17.5. The molecule has 5 rings (SSSR count). The molecule has 154 valence electrons. The number of hydrogen-bond donors (Lipinski definition) is 1. The molecule has 3 aliphatic rings. The Labute approximate surface area is 172 Å². The summed E-state index contributed by atoms with van der Waals surface area (Å²) in [7, 11) is 0. The van der Waals surface area contributed by atoms with Crippen LogP contribution >= 0.6 is 0 Å². The van der Waals surface area contributed by atoms with Crippen LogP contribution in [0.25, 0.3) is 0 Å². The molecule has 2 aromatic rings. The Bertz CT molecular complexity index is 852. The van der Waals surface area contributed by atoms with Crippen LogP contribution in [0, 0.1) is 5.92 Å². The predicted octanol–water partition coefficient (Wildman–Crippen LogP) is 3.40. The Kier molecular flexibility index (Phi) is 5.04. The Hall–Kier alpha value is -2.34. The summed E-state index contributed by atoms with van der Waals surface area (Å²) < 4.78 is 5.32. The molecule has 2 aliphatic heterocycles. The van der Waals surface area contributed by atoms with Crippen LogP contribution in [-0.2, 0) is 6.54 Å². The van der Waals surface area contributed by atoms with Gasteiger partial charge < -0.3 is 14.7 Å². The molecule has 6 nitrogen and oxygen atoms in total. The van der Waals surface area contributed by atoms with E-state index in [1.165, 1.54) is 37.2 Å². The SMILES string of the molecule is C[C@H]1CN(Cc2ccc(N3CCCC3)cc2)C[C@H]1NC(=O)c1cc(C2CC2)on1. The van der Waals surface area contributed by atoms with Crippen molar-refractivity contribution in [3.05, 3.63) is 47.3 Å². The van der Waals surface area contributed by atoms with Crippen LogP contribution in [0.4, 0.5) is 5.69 Å². The molecule has 1 saturated carbocycles. The fourth-order valence-corrected chi connectivity index (χ4v) is 4.63. The van der Waals surface area contributed by atoms with Gasteiger partial charge in [0.2, 0.25) is 0 Å². The molecule has 0 radical (unpaired) electrons. The lowest BCUT2D eigenvalue weighted by molar-refractivity contribution is 0.0922. The second-order valence-electron chi connectivity index (χ2n) is 9.00. The quantitative estimate of drug-likeness (QED) is 0.814. The normalized spacial score (nSPS) is 24.9. The molecule has 0 bridgehead atoms. The summed E-state index contributed by atoms with van der Waals surface area (Å²) >= 11 is 0. The number of anilines is 1. The van der Waals surface area contributed by atoms with Gasteiger partial charge in [0.1, 0.15) is 5.76 Å². The lowest BCUT2D eigenvalue weighted by atomic mass is 10.1. The minimum atomic E-state index is -0.116. The molecule has 2 saturated heterocycles. The Morgan fingerprint density at radius 1 is 1.17 bits per heavy atom. The zero-order valence-corrected chi connectivity index (χ0v) is 17.1. The highest BCUT2D eigenvalue weighted by Crippen LogP contribution is 2.40. The minimum Gasteiger partial charge on any atom is -0.372 e. The monoisotopic (exact) mass is 394 g/mol. The first-order valence-electron chi connectivity index (χ1n) is 11.0. The fourth-order valence-electron chi connectivity index (χ4n) is 4.63. The standard InChI is InChI=1S/C23H30N4O2/c1-16-13-26(14-17-4-8-19(9-5-17)27-10-2-3-11-27)15-21(16)24-23(28)20-12-22(29-25-20)18-6-7-18/h4-5,8-9,12,16,18,21H,2-3,6-7,10-11,13-15H2,1H3,(H,24,28)/t16-,21+/m0/s1. The number of likely N-dealkylation sites (tertiary alicyclic amines) is 1. The van der Waals surface area contributed by atoms with Crippen LogP contribution in [0.15, 0.2) is 34.9 Å². The van der Waals surface area contributed by atoms with Gasteiger partial charge in [0.15, 0.2) is 5.69 Å². The number of carbonyl (C=O) groups excluding carboxylic acids is 1. The van der Waals surface area contributed by atoms with Crippen LogP contribution in [-0.4, -0.2) is 48.2 Å². The topological polar surface area (TPSA) is 61.6 Å². The van der Waals surface area contributed by atoms with Gasteiger partial charge >= 0.3 is 0 Å². The summed E-state index contributed by atoms with van der Waals surface area (Å²) in [6.45, 7) is 7.35. The van der Waals surface area contributed by atoms with E-state index in [2.05, 4.69) is 51.5 Å². The van der Waals surface area contributed by atoms with Crippen molar-refractivity contribution in [2.45, 2.75) is 51.1 Å². The van der Waals surface area contributed by atoms with Gasteiger partial charge in [-0.2, -0.15) is 0 Å². The first kappa shape index (κ1) is 18.7. The van der Waals surface area contributed by atoms with Gasteiger partial charge in [-0.15, -0.1) is 0 Å².